The summed E-state index contributed by atoms with van der Waals surface area (Å²) >= 11 is 3.50. The zero-order chi connectivity index (χ0) is 12.8. The Labute approximate surface area is 118 Å². The second kappa shape index (κ2) is 7.12. The Morgan fingerprint density at radius 1 is 1.11 bits per heavy atom. The Kier molecular flexibility index (Phi) is 5.47. The monoisotopic (exact) mass is 312 g/mol. The summed E-state index contributed by atoms with van der Waals surface area (Å²) in [5.41, 5.74) is 1.29. The van der Waals surface area contributed by atoms with Crippen molar-refractivity contribution in [2.24, 2.45) is 0 Å². The van der Waals surface area contributed by atoms with Crippen LogP contribution in [0.3, 0.4) is 0 Å². The van der Waals surface area contributed by atoms with Crippen molar-refractivity contribution < 1.29 is 4.74 Å². The highest BCUT2D eigenvalue weighted by Crippen LogP contribution is 2.19. The number of methoxy groups -OCH3 is 1. The fourth-order valence-corrected chi connectivity index (χ4v) is 2.87. The van der Waals surface area contributed by atoms with E-state index in [-0.39, 0.29) is 0 Å². The average Bonchev–Trinajstić information content (AvgIpc) is 2.42. The van der Waals surface area contributed by atoms with Crippen molar-refractivity contribution in [3.63, 3.8) is 0 Å². The number of alkyl halides is 1. The van der Waals surface area contributed by atoms with E-state index in [1.807, 2.05) is 12.1 Å². The maximum absolute atomic E-state index is 5.40. The molecule has 1 aromatic carbocycles. The number of benzene rings is 1. The quantitative estimate of drug-likeness (QED) is 0.775. The molecule has 0 aliphatic carbocycles. The minimum Gasteiger partial charge on any atom is -0.496 e. The molecular weight excluding hydrogens is 292 g/mol. The van der Waals surface area contributed by atoms with Crippen LogP contribution in [0.1, 0.15) is 5.56 Å². The van der Waals surface area contributed by atoms with Gasteiger partial charge in [0.2, 0.25) is 0 Å². The predicted octanol–water partition coefficient (Wildman–Crippen LogP) is 2.21. The third-order valence-electron chi connectivity index (χ3n) is 3.45. The molecule has 2 rings (SSSR count). The fourth-order valence-electron chi connectivity index (χ4n) is 2.37. The molecule has 1 fully saturated rings. The molecule has 0 radical (unpaired) electrons. The van der Waals surface area contributed by atoms with Gasteiger partial charge in [0.05, 0.1) is 7.11 Å². The van der Waals surface area contributed by atoms with Gasteiger partial charge in [-0.15, -0.1) is 0 Å². The van der Waals surface area contributed by atoms with E-state index in [0.29, 0.717) is 0 Å². The van der Waals surface area contributed by atoms with Gasteiger partial charge in [0.25, 0.3) is 0 Å². The molecule has 18 heavy (non-hydrogen) atoms. The van der Waals surface area contributed by atoms with E-state index in [4.69, 9.17) is 4.74 Å². The molecule has 100 valence electrons. The summed E-state index contributed by atoms with van der Waals surface area (Å²) in [6, 6.07) is 8.30. The Morgan fingerprint density at radius 2 is 1.78 bits per heavy atom. The lowest BCUT2D eigenvalue weighted by molar-refractivity contribution is 0.132. The van der Waals surface area contributed by atoms with Crippen LogP contribution in [0.25, 0.3) is 0 Å². The van der Waals surface area contributed by atoms with Crippen LogP contribution in [-0.4, -0.2) is 55.0 Å². The molecule has 0 unspecified atom stereocenters. The summed E-state index contributed by atoms with van der Waals surface area (Å²) < 4.78 is 5.40. The number of hydrogen-bond acceptors (Lipinski definition) is 3. The molecular formula is C14H21BrN2O. The molecule has 0 saturated carbocycles. The summed E-state index contributed by atoms with van der Waals surface area (Å²) in [7, 11) is 1.74. The van der Waals surface area contributed by atoms with E-state index in [2.05, 4.69) is 37.9 Å². The highest BCUT2D eigenvalue weighted by atomic mass is 79.9. The van der Waals surface area contributed by atoms with Gasteiger partial charge in [-0.05, 0) is 6.07 Å². The number of para-hydroxylation sites is 1. The molecule has 1 saturated heterocycles. The molecule has 0 atom stereocenters. The topological polar surface area (TPSA) is 15.7 Å². The first kappa shape index (κ1) is 13.8. The average molecular weight is 313 g/mol. The molecule has 1 heterocycles. The van der Waals surface area contributed by atoms with Crippen LogP contribution in [0.2, 0.25) is 0 Å². The van der Waals surface area contributed by atoms with Gasteiger partial charge >= 0.3 is 0 Å². The highest BCUT2D eigenvalue weighted by molar-refractivity contribution is 9.09. The van der Waals surface area contributed by atoms with Crippen LogP contribution in [0.15, 0.2) is 24.3 Å². The third kappa shape index (κ3) is 3.70. The first-order valence-electron chi connectivity index (χ1n) is 6.46. The summed E-state index contributed by atoms with van der Waals surface area (Å²) in [5.74, 6) is 1.00. The lowest BCUT2D eigenvalue weighted by Gasteiger charge is -2.34. The second-order valence-corrected chi connectivity index (χ2v) is 5.41. The van der Waals surface area contributed by atoms with Crippen LogP contribution in [0, 0.1) is 0 Å². The summed E-state index contributed by atoms with van der Waals surface area (Å²) in [6.07, 6.45) is 0. The SMILES string of the molecule is COc1ccccc1CN1CCN(CCBr)CC1. The lowest BCUT2D eigenvalue weighted by atomic mass is 10.1. The van der Waals surface area contributed by atoms with Crippen molar-refractivity contribution in [2.75, 3.05) is 45.2 Å². The van der Waals surface area contributed by atoms with Crippen molar-refractivity contribution in [1.29, 1.82) is 0 Å². The number of halogens is 1. The highest BCUT2D eigenvalue weighted by Gasteiger charge is 2.17. The molecule has 0 amide bonds. The van der Waals surface area contributed by atoms with Crippen LogP contribution < -0.4 is 4.74 Å². The zero-order valence-corrected chi connectivity index (χ0v) is 12.5. The largest absolute Gasteiger partial charge is 0.496 e. The van der Waals surface area contributed by atoms with Gasteiger partial charge in [-0.25, -0.2) is 0 Å². The number of hydrogen-bond donors (Lipinski definition) is 0. The molecule has 1 aliphatic heterocycles. The van der Waals surface area contributed by atoms with Crippen LogP contribution in [0.5, 0.6) is 5.75 Å². The first-order chi connectivity index (χ1) is 8.83. The molecule has 0 bridgehead atoms. The Bertz CT molecular complexity index is 365. The molecule has 1 aromatic rings. The van der Waals surface area contributed by atoms with E-state index in [9.17, 15) is 0 Å². The Hall–Kier alpha value is -0.580. The number of piperazine rings is 1. The number of ether oxygens (including phenoxy) is 1. The van der Waals surface area contributed by atoms with E-state index < -0.39 is 0 Å². The fraction of sp³-hybridized carbons (Fsp3) is 0.571. The van der Waals surface area contributed by atoms with Crippen molar-refractivity contribution in [1.82, 2.24) is 9.80 Å². The third-order valence-corrected chi connectivity index (χ3v) is 3.81. The molecule has 1 aliphatic rings. The molecule has 0 N–H and O–H groups in total. The molecule has 0 spiro atoms. The van der Waals surface area contributed by atoms with E-state index in [0.717, 1.165) is 37.3 Å². The number of nitrogens with zero attached hydrogens (tertiary/aromatic N) is 2. The zero-order valence-electron chi connectivity index (χ0n) is 10.9. The molecule has 4 heteroatoms. The van der Waals surface area contributed by atoms with Crippen molar-refractivity contribution in [3.8, 4) is 5.75 Å². The van der Waals surface area contributed by atoms with Gasteiger partial charge < -0.3 is 4.74 Å². The van der Waals surface area contributed by atoms with Gasteiger partial charge in [-0.1, -0.05) is 34.1 Å². The van der Waals surface area contributed by atoms with E-state index >= 15 is 0 Å². The van der Waals surface area contributed by atoms with Gasteiger partial charge in [-0.2, -0.15) is 0 Å². The van der Waals surface area contributed by atoms with Gasteiger partial charge in [-0.3, -0.25) is 9.80 Å². The van der Waals surface area contributed by atoms with Crippen molar-refractivity contribution in [2.45, 2.75) is 6.54 Å². The van der Waals surface area contributed by atoms with Crippen LogP contribution in [-0.2, 0) is 6.54 Å². The van der Waals surface area contributed by atoms with E-state index in [1.54, 1.807) is 7.11 Å². The smallest absolute Gasteiger partial charge is 0.123 e. The minimum atomic E-state index is 0.992. The summed E-state index contributed by atoms with van der Waals surface area (Å²) in [6.45, 7) is 6.77. The van der Waals surface area contributed by atoms with Crippen LogP contribution in [0.4, 0.5) is 0 Å². The van der Waals surface area contributed by atoms with Gasteiger partial charge in [0.1, 0.15) is 5.75 Å². The first-order valence-corrected chi connectivity index (χ1v) is 7.58. The van der Waals surface area contributed by atoms with E-state index in [1.165, 1.54) is 18.7 Å². The maximum atomic E-state index is 5.40. The molecule has 0 aromatic heterocycles. The summed E-state index contributed by atoms with van der Waals surface area (Å²) in [4.78, 5) is 5.01. The normalized spacial score (nSPS) is 17.9. The van der Waals surface area contributed by atoms with Crippen molar-refractivity contribution >= 4 is 15.9 Å². The summed E-state index contributed by atoms with van der Waals surface area (Å²) in [5, 5.41) is 1.07. The van der Waals surface area contributed by atoms with Crippen molar-refractivity contribution in [3.05, 3.63) is 29.8 Å². The van der Waals surface area contributed by atoms with Gasteiger partial charge in [0, 0.05) is 50.2 Å². The Balaban J connectivity index is 1.87. The predicted molar refractivity (Wildman–Crippen MR) is 78.5 cm³/mol. The minimum absolute atomic E-state index is 0.992. The lowest BCUT2D eigenvalue weighted by Crippen LogP contribution is -2.46. The maximum Gasteiger partial charge on any atom is 0.123 e. The Morgan fingerprint density at radius 3 is 2.44 bits per heavy atom. The van der Waals surface area contributed by atoms with Crippen LogP contribution >= 0.6 is 15.9 Å². The number of rotatable bonds is 5. The van der Waals surface area contributed by atoms with Gasteiger partial charge in [0.15, 0.2) is 0 Å². The second-order valence-electron chi connectivity index (χ2n) is 4.62. The standard InChI is InChI=1S/C14H21BrN2O/c1-18-14-5-3-2-4-13(14)12-17-10-8-16(7-6-15)9-11-17/h2-5H,6-12H2,1H3. The molecule has 3 nitrogen and oxygen atoms in total.